The highest BCUT2D eigenvalue weighted by Gasteiger charge is 2.25. The van der Waals surface area contributed by atoms with Crippen LogP contribution in [0.25, 0.3) is 0 Å². The fourth-order valence-corrected chi connectivity index (χ4v) is 3.46. The van der Waals surface area contributed by atoms with Gasteiger partial charge in [0.1, 0.15) is 0 Å². The van der Waals surface area contributed by atoms with Crippen molar-refractivity contribution < 1.29 is 4.79 Å². The summed E-state index contributed by atoms with van der Waals surface area (Å²) in [6.45, 7) is 5.71. The number of hydrogen-bond donors (Lipinski definition) is 3. The van der Waals surface area contributed by atoms with Gasteiger partial charge in [0.05, 0.1) is 17.6 Å². The third-order valence-corrected chi connectivity index (χ3v) is 4.73. The van der Waals surface area contributed by atoms with E-state index in [4.69, 9.17) is 0 Å². The summed E-state index contributed by atoms with van der Waals surface area (Å²) in [6.07, 6.45) is 5.06. The number of aromatic nitrogens is 2. The Morgan fingerprint density at radius 3 is 3.00 bits per heavy atom. The summed E-state index contributed by atoms with van der Waals surface area (Å²) in [5.41, 5.74) is 3.21. The first-order chi connectivity index (χ1) is 12.3. The molecule has 2 heterocycles. The predicted molar refractivity (Wildman–Crippen MR) is 99.8 cm³/mol. The molecule has 0 radical (unpaired) electrons. The van der Waals surface area contributed by atoms with E-state index in [0.717, 1.165) is 43.9 Å². The summed E-state index contributed by atoms with van der Waals surface area (Å²) < 4.78 is 0. The van der Waals surface area contributed by atoms with Gasteiger partial charge in [-0.1, -0.05) is 30.3 Å². The Bertz CT molecular complexity index is 669. The number of hydrogen-bond acceptors (Lipinski definition) is 3. The molecule has 1 aliphatic heterocycles. The Morgan fingerprint density at radius 2 is 2.20 bits per heavy atom. The molecular weight excluding hydrogens is 314 g/mol. The Balaban J connectivity index is 1.58. The van der Waals surface area contributed by atoms with Crippen LogP contribution in [0.1, 0.15) is 36.9 Å². The van der Waals surface area contributed by atoms with Gasteiger partial charge in [-0.05, 0) is 38.3 Å². The third-order valence-electron chi connectivity index (χ3n) is 4.73. The van der Waals surface area contributed by atoms with Crippen LogP contribution in [0.2, 0.25) is 0 Å². The van der Waals surface area contributed by atoms with E-state index in [1.807, 2.05) is 6.92 Å². The van der Waals surface area contributed by atoms with Crippen molar-refractivity contribution in [2.75, 3.05) is 31.5 Å². The van der Waals surface area contributed by atoms with Crippen molar-refractivity contribution in [1.29, 1.82) is 0 Å². The number of anilines is 1. The minimum Gasteiger partial charge on any atom is -0.338 e. The van der Waals surface area contributed by atoms with Crippen LogP contribution >= 0.6 is 0 Å². The number of carbonyl (C=O) groups excluding carboxylic acids is 1. The van der Waals surface area contributed by atoms with Crippen LogP contribution in [-0.4, -0.2) is 47.3 Å². The number of piperidine rings is 1. The van der Waals surface area contributed by atoms with E-state index < -0.39 is 0 Å². The van der Waals surface area contributed by atoms with Crippen molar-refractivity contribution in [2.45, 2.75) is 32.1 Å². The Labute approximate surface area is 149 Å². The van der Waals surface area contributed by atoms with E-state index in [1.54, 1.807) is 6.20 Å². The SMILES string of the molecule is CCNC(=O)Nc1cn[nH]c1C1CCCN(CCc2ccccc2)C1. The van der Waals surface area contributed by atoms with Crippen LogP contribution < -0.4 is 10.6 Å². The lowest BCUT2D eigenvalue weighted by atomic mass is 9.93. The van der Waals surface area contributed by atoms with E-state index in [0.29, 0.717) is 12.5 Å². The number of nitrogens with zero attached hydrogens (tertiary/aromatic N) is 2. The molecule has 2 amide bonds. The monoisotopic (exact) mass is 341 g/mol. The lowest BCUT2D eigenvalue weighted by Gasteiger charge is -2.32. The average Bonchev–Trinajstić information content (AvgIpc) is 3.09. The molecule has 1 atom stereocenters. The van der Waals surface area contributed by atoms with Crippen molar-refractivity contribution in [3.8, 4) is 0 Å². The van der Waals surface area contributed by atoms with Gasteiger partial charge >= 0.3 is 6.03 Å². The second-order valence-corrected chi connectivity index (χ2v) is 6.56. The van der Waals surface area contributed by atoms with E-state index in [1.165, 1.54) is 12.0 Å². The molecule has 0 saturated carbocycles. The molecule has 25 heavy (non-hydrogen) atoms. The molecule has 1 fully saturated rings. The molecule has 1 aromatic carbocycles. The number of nitrogens with one attached hydrogen (secondary N) is 3. The highest BCUT2D eigenvalue weighted by Crippen LogP contribution is 2.30. The topological polar surface area (TPSA) is 73.0 Å². The second-order valence-electron chi connectivity index (χ2n) is 6.56. The summed E-state index contributed by atoms with van der Waals surface area (Å²) >= 11 is 0. The first-order valence-electron chi connectivity index (χ1n) is 9.10. The van der Waals surface area contributed by atoms with E-state index in [9.17, 15) is 4.79 Å². The standard InChI is InChI=1S/C19H27N5O/c1-2-20-19(25)22-17-13-21-23-18(17)16-9-6-11-24(14-16)12-10-15-7-4-3-5-8-15/h3-5,7-8,13,16H,2,6,9-12,14H2,1H3,(H,21,23)(H2,20,22,25). The molecule has 1 saturated heterocycles. The van der Waals surface area contributed by atoms with Gasteiger partial charge in [0.2, 0.25) is 0 Å². The molecule has 1 aromatic heterocycles. The van der Waals surface area contributed by atoms with Gasteiger partial charge in [-0.3, -0.25) is 5.10 Å². The zero-order valence-corrected chi connectivity index (χ0v) is 14.8. The van der Waals surface area contributed by atoms with Crippen molar-refractivity contribution >= 4 is 11.7 Å². The van der Waals surface area contributed by atoms with E-state index in [2.05, 4.69) is 56.1 Å². The summed E-state index contributed by atoms with van der Waals surface area (Å²) in [6, 6.07) is 10.4. The number of rotatable bonds is 6. The smallest absolute Gasteiger partial charge is 0.319 e. The molecule has 1 unspecified atom stereocenters. The number of H-pyrrole nitrogens is 1. The number of urea groups is 1. The number of amides is 2. The Morgan fingerprint density at radius 1 is 1.36 bits per heavy atom. The van der Waals surface area contributed by atoms with Crippen LogP contribution in [0.5, 0.6) is 0 Å². The lowest BCUT2D eigenvalue weighted by molar-refractivity contribution is 0.208. The normalized spacial score (nSPS) is 18.0. The van der Waals surface area contributed by atoms with Gasteiger partial charge in [0, 0.05) is 25.6 Å². The van der Waals surface area contributed by atoms with Gasteiger partial charge in [-0.15, -0.1) is 0 Å². The van der Waals surface area contributed by atoms with Crippen molar-refractivity contribution in [3.63, 3.8) is 0 Å². The fourth-order valence-electron chi connectivity index (χ4n) is 3.46. The van der Waals surface area contributed by atoms with Crippen molar-refractivity contribution in [2.24, 2.45) is 0 Å². The van der Waals surface area contributed by atoms with Gasteiger partial charge in [-0.2, -0.15) is 5.10 Å². The molecule has 0 spiro atoms. The highest BCUT2D eigenvalue weighted by molar-refractivity contribution is 5.89. The zero-order chi connectivity index (χ0) is 17.5. The van der Waals surface area contributed by atoms with Gasteiger partial charge in [0.25, 0.3) is 0 Å². The minimum atomic E-state index is -0.179. The van der Waals surface area contributed by atoms with Crippen LogP contribution in [0.15, 0.2) is 36.5 Å². The van der Waals surface area contributed by atoms with Crippen molar-refractivity contribution in [3.05, 3.63) is 47.8 Å². The Hall–Kier alpha value is -2.34. The number of likely N-dealkylation sites (tertiary alicyclic amines) is 1. The maximum absolute atomic E-state index is 11.8. The van der Waals surface area contributed by atoms with Gasteiger partial charge in [0.15, 0.2) is 0 Å². The lowest BCUT2D eigenvalue weighted by Crippen LogP contribution is -2.36. The summed E-state index contributed by atoms with van der Waals surface area (Å²) in [5.74, 6) is 0.379. The van der Waals surface area contributed by atoms with Gasteiger partial charge in [-0.25, -0.2) is 4.79 Å². The van der Waals surface area contributed by atoms with Crippen molar-refractivity contribution in [1.82, 2.24) is 20.4 Å². The zero-order valence-electron chi connectivity index (χ0n) is 14.8. The van der Waals surface area contributed by atoms with Crippen LogP contribution in [0, 0.1) is 0 Å². The van der Waals surface area contributed by atoms with E-state index >= 15 is 0 Å². The quantitative estimate of drug-likeness (QED) is 0.756. The molecule has 6 heteroatoms. The Kier molecular flexibility index (Phi) is 6.06. The molecule has 6 nitrogen and oxygen atoms in total. The molecule has 1 aliphatic rings. The highest BCUT2D eigenvalue weighted by atomic mass is 16.2. The molecule has 3 N–H and O–H groups in total. The van der Waals surface area contributed by atoms with Crippen LogP contribution in [0.3, 0.4) is 0 Å². The number of carbonyl (C=O) groups is 1. The molecule has 134 valence electrons. The van der Waals surface area contributed by atoms with E-state index in [-0.39, 0.29) is 6.03 Å². The van der Waals surface area contributed by atoms with Gasteiger partial charge < -0.3 is 15.5 Å². The maximum atomic E-state index is 11.8. The first-order valence-corrected chi connectivity index (χ1v) is 9.10. The maximum Gasteiger partial charge on any atom is 0.319 e. The number of benzene rings is 1. The number of aromatic amines is 1. The summed E-state index contributed by atoms with van der Waals surface area (Å²) in [7, 11) is 0. The largest absolute Gasteiger partial charge is 0.338 e. The van der Waals surface area contributed by atoms with Crippen LogP contribution in [-0.2, 0) is 6.42 Å². The summed E-state index contributed by atoms with van der Waals surface area (Å²) in [5, 5.41) is 12.9. The third kappa shape index (κ3) is 4.82. The molecule has 0 aliphatic carbocycles. The minimum absolute atomic E-state index is 0.179. The molecular formula is C19H27N5O. The molecule has 3 rings (SSSR count). The molecule has 2 aromatic rings. The molecule has 0 bridgehead atoms. The fraction of sp³-hybridized carbons (Fsp3) is 0.474. The second kappa shape index (κ2) is 8.67. The summed E-state index contributed by atoms with van der Waals surface area (Å²) in [4.78, 5) is 14.3. The predicted octanol–water partition coefficient (Wildman–Crippen LogP) is 2.97. The van der Waals surface area contributed by atoms with Crippen LogP contribution in [0.4, 0.5) is 10.5 Å². The average molecular weight is 341 g/mol. The first kappa shape index (κ1) is 17.5.